The van der Waals surface area contributed by atoms with E-state index in [0.717, 1.165) is 18.9 Å². The van der Waals surface area contributed by atoms with Gasteiger partial charge in [0, 0.05) is 13.0 Å². The highest BCUT2D eigenvalue weighted by Crippen LogP contribution is 2.10. The molecule has 0 radical (unpaired) electrons. The number of hydrogen-bond donors (Lipinski definition) is 0. The minimum Gasteiger partial charge on any atom is -0.445 e. The molecule has 94 valence electrons. The van der Waals surface area contributed by atoms with Crippen LogP contribution in [0.3, 0.4) is 0 Å². The zero-order chi connectivity index (χ0) is 12.1. The van der Waals surface area contributed by atoms with Crippen LogP contribution in [0, 0.1) is 0 Å². The molecule has 17 heavy (non-hydrogen) atoms. The van der Waals surface area contributed by atoms with Crippen LogP contribution in [0.4, 0.5) is 0 Å². The van der Waals surface area contributed by atoms with Gasteiger partial charge in [0.05, 0.1) is 12.6 Å². The maximum absolute atomic E-state index is 10.9. The van der Waals surface area contributed by atoms with Gasteiger partial charge >= 0.3 is 0 Å². The molecule has 0 spiro atoms. The van der Waals surface area contributed by atoms with E-state index in [9.17, 15) is 4.79 Å². The van der Waals surface area contributed by atoms with Crippen LogP contribution in [0.15, 0.2) is 10.6 Å². The quantitative estimate of drug-likeness (QED) is 0.782. The van der Waals surface area contributed by atoms with E-state index in [4.69, 9.17) is 4.42 Å². The summed E-state index contributed by atoms with van der Waals surface area (Å²) < 4.78 is 5.53. The van der Waals surface area contributed by atoms with Gasteiger partial charge in [0.25, 0.3) is 0 Å². The van der Waals surface area contributed by atoms with Crippen LogP contribution in [0.1, 0.15) is 37.8 Å². The molecule has 1 aromatic heterocycles. The Hall–Kier alpha value is -1.16. The Kier molecular flexibility index (Phi) is 4.31. The van der Waals surface area contributed by atoms with Crippen molar-refractivity contribution in [3.63, 3.8) is 0 Å². The highest BCUT2D eigenvalue weighted by Gasteiger charge is 2.12. The average molecular weight is 236 g/mol. The summed E-state index contributed by atoms with van der Waals surface area (Å²) in [5, 5.41) is 0. The van der Waals surface area contributed by atoms with Crippen molar-refractivity contribution >= 4 is 5.78 Å². The number of aromatic nitrogens is 1. The summed E-state index contributed by atoms with van der Waals surface area (Å²) >= 11 is 0. The lowest BCUT2D eigenvalue weighted by atomic mass is 10.1. The molecule has 0 saturated carbocycles. The number of carbonyl (C=O) groups excluding carboxylic acids is 1. The summed E-state index contributed by atoms with van der Waals surface area (Å²) in [6.45, 7) is 4.97. The van der Waals surface area contributed by atoms with E-state index in [2.05, 4.69) is 9.88 Å². The first-order chi connectivity index (χ1) is 8.24. The number of rotatable bonds is 5. The smallest absolute Gasteiger partial charge is 0.195 e. The number of piperidine rings is 1. The molecule has 2 rings (SSSR count). The summed E-state index contributed by atoms with van der Waals surface area (Å²) in [6, 6.07) is 0. The van der Waals surface area contributed by atoms with E-state index in [1.807, 2.05) is 0 Å². The third kappa shape index (κ3) is 3.97. The van der Waals surface area contributed by atoms with Crippen molar-refractivity contribution in [1.82, 2.24) is 9.88 Å². The highest BCUT2D eigenvalue weighted by molar-refractivity contribution is 5.77. The van der Waals surface area contributed by atoms with Gasteiger partial charge in [-0.15, -0.1) is 0 Å². The number of oxazole rings is 1. The zero-order valence-electron chi connectivity index (χ0n) is 10.4. The number of nitrogens with zero attached hydrogens (tertiary/aromatic N) is 2. The van der Waals surface area contributed by atoms with Gasteiger partial charge in [-0.25, -0.2) is 4.98 Å². The molecule has 4 nitrogen and oxygen atoms in total. The lowest BCUT2D eigenvalue weighted by Crippen LogP contribution is -2.31. The second kappa shape index (κ2) is 5.96. The predicted molar refractivity (Wildman–Crippen MR) is 64.9 cm³/mol. The Balaban J connectivity index is 1.78. The molecule has 4 heteroatoms. The molecule has 0 aliphatic carbocycles. The first-order valence-corrected chi connectivity index (χ1v) is 6.39. The second-order valence-electron chi connectivity index (χ2n) is 4.75. The summed E-state index contributed by atoms with van der Waals surface area (Å²) in [7, 11) is 0. The first-order valence-electron chi connectivity index (χ1n) is 6.39. The van der Waals surface area contributed by atoms with E-state index in [1.54, 1.807) is 13.1 Å². The van der Waals surface area contributed by atoms with Gasteiger partial charge in [-0.1, -0.05) is 6.42 Å². The van der Waals surface area contributed by atoms with Crippen molar-refractivity contribution in [1.29, 1.82) is 0 Å². The minimum atomic E-state index is 0.115. The normalized spacial score (nSPS) is 17.2. The SMILES string of the molecule is CC(=O)Cc1cnc(CCN2CCCCC2)o1. The lowest BCUT2D eigenvalue weighted by Gasteiger charge is -2.25. The van der Waals surface area contributed by atoms with Crippen molar-refractivity contribution in [3.8, 4) is 0 Å². The first kappa shape index (κ1) is 12.3. The molecule has 0 atom stereocenters. The van der Waals surface area contributed by atoms with Crippen LogP contribution in [-0.4, -0.2) is 35.3 Å². The molecular formula is C13H20N2O2. The van der Waals surface area contributed by atoms with Crippen molar-refractivity contribution in [2.45, 2.75) is 39.0 Å². The number of carbonyl (C=O) groups is 1. The maximum atomic E-state index is 10.9. The predicted octanol–water partition coefficient (Wildman–Crippen LogP) is 1.83. The Bertz CT molecular complexity index is 367. The van der Waals surface area contributed by atoms with Crippen LogP contribution in [0.25, 0.3) is 0 Å². The monoisotopic (exact) mass is 236 g/mol. The highest BCUT2D eigenvalue weighted by atomic mass is 16.4. The maximum Gasteiger partial charge on any atom is 0.195 e. The van der Waals surface area contributed by atoms with Crippen molar-refractivity contribution < 1.29 is 9.21 Å². The molecule has 0 aromatic carbocycles. The van der Waals surface area contributed by atoms with Crippen molar-refractivity contribution in [2.75, 3.05) is 19.6 Å². The van der Waals surface area contributed by atoms with Crippen molar-refractivity contribution in [2.24, 2.45) is 0 Å². The van der Waals surface area contributed by atoms with Gasteiger partial charge in [0.1, 0.15) is 11.5 Å². The van der Waals surface area contributed by atoms with Gasteiger partial charge in [-0.2, -0.15) is 0 Å². The Morgan fingerprint density at radius 1 is 1.41 bits per heavy atom. The minimum absolute atomic E-state index is 0.115. The zero-order valence-corrected chi connectivity index (χ0v) is 10.4. The fourth-order valence-corrected chi connectivity index (χ4v) is 2.23. The van der Waals surface area contributed by atoms with Crippen molar-refractivity contribution in [3.05, 3.63) is 17.8 Å². The van der Waals surface area contributed by atoms with Crippen LogP contribution in [0.5, 0.6) is 0 Å². The van der Waals surface area contributed by atoms with Crippen LogP contribution in [-0.2, 0) is 17.6 Å². The molecule has 0 N–H and O–H groups in total. The van der Waals surface area contributed by atoms with Gasteiger partial charge in [0.15, 0.2) is 5.89 Å². The number of Topliss-reactive ketones (excluding diaryl/α,β-unsaturated/α-hetero) is 1. The molecule has 2 heterocycles. The Morgan fingerprint density at radius 2 is 2.18 bits per heavy atom. The summed E-state index contributed by atoms with van der Waals surface area (Å²) in [5.74, 6) is 1.56. The number of hydrogen-bond acceptors (Lipinski definition) is 4. The Morgan fingerprint density at radius 3 is 2.88 bits per heavy atom. The fourth-order valence-electron chi connectivity index (χ4n) is 2.23. The summed E-state index contributed by atoms with van der Waals surface area (Å²) in [5.41, 5.74) is 0. The summed E-state index contributed by atoms with van der Waals surface area (Å²) in [4.78, 5) is 17.6. The van der Waals surface area contributed by atoms with Crippen LogP contribution < -0.4 is 0 Å². The topological polar surface area (TPSA) is 46.3 Å². The largest absolute Gasteiger partial charge is 0.445 e. The third-order valence-corrected chi connectivity index (χ3v) is 3.12. The molecular weight excluding hydrogens is 216 g/mol. The fraction of sp³-hybridized carbons (Fsp3) is 0.692. The van der Waals surface area contributed by atoms with E-state index in [1.165, 1.54) is 32.4 Å². The lowest BCUT2D eigenvalue weighted by molar-refractivity contribution is -0.116. The number of ketones is 1. The van der Waals surface area contributed by atoms with E-state index in [-0.39, 0.29) is 5.78 Å². The van der Waals surface area contributed by atoms with Gasteiger partial charge in [-0.3, -0.25) is 4.79 Å². The Labute approximate surface area is 102 Å². The molecule has 1 aromatic rings. The summed E-state index contributed by atoms with van der Waals surface area (Å²) in [6.07, 6.45) is 6.85. The van der Waals surface area contributed by atoms with Crippen LogP contribution >= 0.6 is 0 Å². The van der Waals surface area contributed by atoms with Crippen LogP contribution in [0.2, 0.25) is 0 Å². The molecule has 0 amide bonds. The molecule has 1 saturated heterocycles. The molecule has 1 aliphatic heterocycles. The van der Waals surface area contributed by atoms with Gasteiger partial charge in [-0.05, 0) is 32.9 Å². The molecule has 0 unspecified atom stereocenters. The standard InChI is InChI=1S/C13H20N2O2/c1-11(16)9-12-10-14-13(17-12)5-8-15-6-3-2-4-7-15/h10H,2-9H2,1H3. The number of likely N-dealkylation sites (tertiary alicyclic amines) is 1. The molecule has 1 aliphatic rings. The van der Waals surface area contributed by atoms with Gasteiger partial charge < -0.3 is 9.32 Å². The van der Waals surface area contributed by atoms with E-state index < -0.39 is 0 Å². The van der Waals surface area contributed by atoms with E-state index >= 15 is 0 Å². The molecule has 0 bridgehead atoms. The molecule has 1 fully saturated rings. The second-order valence-corrected chi connectivity index (χ2v) is 4.75. The third-order valence-electron chi connectivity index (χ3n) is 3.12. The van der Waals surface area contributed by atoms with E-state index in [0.29, 0.717) is 12.2 Å². The average Bonchev–Trinajstić information content (AvgIpc) is 2.75. The van der Waals surface area contributed by atoms with Gasteiger partial charge in [0.2, 0.25) is 0 Å².